The molecule has 1 heterocycles. The summed E-state index contributed by atoms with van der Waals surface area (Å²) in [4.78, 5) is 0. The van der Waals surface area contributed by atoms with Gasteiger partial charge < -0.3 is 9.30 Å². The lowest BCUT2D eigenvalue weighted by Gasteiger charge is -2.30. The molecule has 0 radical (unpaired) electrons. The number of hydrogen-bond donors (Lipinski definition) is 1. The molecule has 2 aliphatic rings. The first-order chi connectivity index (χ1) is 16.3. The van der Waals surface area contributed by atoms with Gasteiger partial charge in [-0.25, -0.2) is 8.42 Å². The predicted molar refractivity (Wildman–Crippen MR) is 126 cm³/mol. The normalized spacial score (nSPS) is 17.4. The summed E-state index contributed by atoms with van der Waals surface area (Å²) in [6.07, 6.45) is 4.82. The van der Waals surface area contributed by atoms with E-state index in [4.69, 9.17) is 0 Å². The van der Waals surface area contributed by atoms with Crippen LogP contribution in [0.4, 0.5) is 14.5 Å². The van der Waals surface area contributed by atoms with Gasteiger partial charge in [-0.15, -0.1) is 0 Å². The highest BCUT2D eigenvalue weighted by molar-refractivity contribution is 7.94. The number of nitrogens with one attached hydrogen (secondary N) is 1. The molecule has 34 heavy (non-hydrogen) atoms. The van der Waals surface area contributed by atoms with Crippen LogP contribution in [-0.2, 0) is 10.0 Å². The van der Waals surface area contributed by atoms with Gasteiger partial charge in [0.05, 0.1) is 21.5 Å². The molecule has 2 aromatic carbocycles. The Hall–Kier alpha value is -3.12. The lowest BCUT2D eigenvalue weighted by Crippen LogP contribution is -2.28. The van der Waals surface area contributed by atoms with E-state index in [-0.39, 0.29) is 11.8 Å². The molecule has 2 aliphatic carbocycles. The third kappa shape index (κ3) is 3.70. The minimum atomic E-state index is -3.48. The fourth-order valence-corrected chi connectivity index (χ4v) is 6.48. The van der Waals surface area contributed by atoms with Crippen molar-refractivity contribution in [3.8, 4) is 23.1 Å². The maximum atomic E-state index is 12.8. The van der Waals surface area contributed by atoms with E-state index in [0.717, 1.165) is 24.8 Å². The fourth-order valence-electron chi connectivity index (χ4n) is 4.80. The van der Waals surface area contributed by atoms with E-state index in [9.17, 15) is 22.5 Å². The van der Waals surface area contributed by atoms with Crippen molar-refractivity contribution in [2.24, 2.45) is 0 Å². The summed E-state index contributed by atoms with van der Waals surface area (Å²) in [5.41, 5.74) is 3.08. The van der Waals surface area contributed by atoms with Crippen molar-refractivity contribution in [2.45, 2.75) is 62.8 Å². The summed E-state index contributed by atoms with van der Waals surface area (Å²) in [6.45, 7) is -1.05. The molecule has 0 aliphatic heterocycles. The molecule has 0 unspecified atom stereocenters. The lowest BCUT2D eigenvalue weighted by molar-refractivity contribution is -0.0497. The van der Waals surface area contributed by atoms with Crippen molar-refractivity contribution in [1.29, 1.82) is 5.26 Å². The van der Waals surface area contributed by atoms with Gasteiger partial charge in [0.15, 0.2) is 0 Å². The van der Waals surface area contributed by atoms with Crippen LogP contribution in [0.3, 0.4) is 0 Å². The van der Waals surface area contributed by atoms with Crippen LogP contribution in [0, 0.1) is 11.3 Å². The van der Waals surface area contributed by atoms with E-state index >= 15 is 0 Å². The van der Waals surface area contributed by atoms with Gasteiger partial charge in [-0.05, 0) is 68.4 Å². The molecule has 0 amide bonds. The number of halogens is 2. The van der Waals surface area contributed by atoms with Gasteiger partial charge in [0.1, 0.15) is 11.8 Å². The number of sulfonamides is 1. The minimum Gasteiger partial charge on any atom is -0.435 e. The van der Waals surface area contributed by atoms with Gasteiger partial charge in [-0.2, -0.15) is 14.0 Å². The average molecular weight is 486 g/mol. The summed E-state index contributed by atoms with van der Waals surface area (Å²) in [7, 11) is -3.48. The standard InChI is InChI=1S/C25H25F2N3O3S/c1-2-25(12-13-25)34(31,32)29-17-8-6-16(7-9-17)23-21(15-28)20-11-10-19(33-24(26)27)14-22(20)30(23)18-4-3-5-18/h6-11,14,18,24,29H,2-5,12-13H2,1H3. The summed E-state index contributed by atoms with van der Waals surface area (Å²) >= 11 is 0. The van der Waals surface area contributed by atoms with Gasteiger partial charge in [0.25, 0.3) is 0 Å². The molecule has 5 rings (SSSR count). The monoisotopic (exact) mass is 485 g/mol. The molecule has 0 saturated heterocycles. The second-order valence-electron chi connectivity index (χ2n) is 9.07. The molecule has 3 aromatic rings. The number of aromatic nitrogens is 1. The Balaban J connectivity index is 1.57. The van der Waals surface area contributed by atoms with Crippen LogP contribution in [0.1, 0.15) is 57.1 Å². The van der Waals surface area contributed by atoms with Gasteiger partial charge >= 0.3 is 6.61 Å². The topological polar surface area (TPSA) is 84.1 Å². The Kier molecular flexibility index (Phi) is 5.52. The van der Waals surface area contributed by atoms with E-state index in [1.165, 1.54) is 6.07 Å². The van der Waals surface area contributed by atoms with Gasteiger partial charge in [-0.1, -0.05) is 19.1 Å². The first-order valence-corrected chi connectivity index (χ1v) is 12.9. The zero-order valence-corrected chi connectivity index (χ0v) is 19.5. The maximum absolute atomic E-state index is 12.8. The zero-order valence-electron chi connectivity index (χ0n) is 18.7. The van der Waals surface area contributed by atoms with Crippen LogP contribution in [0.5, 0.6) is 5.75 Å². The molecule has 0 atom stereocenters. The molecule has 1 N–H and O–H groups in total. The molecule has 9 heteroatoms. The molecule has 0 bridgehead atoms. The third-order valence-corrected chi connectivity index (χ3v) is 9.53. The fraction of sp³-hybridized carbons (Fsp3) is 0.400. The van der Waals surface area contributed by atoms with Crippen LogP contribution in [0.15, 0.2) is 42.5 Å². The van der Waals surface area contributed by atoms with E-state index in [1.807, 2.05) is 11.5 Å². The van der Waals surface area contributed by atoms with Crippen molar-refractivity contribution < 1.29 is 21.9 Å². The summed E-state index contributed by atoms with van der Waals surface area (Å²) in [5.74, 6) is 0.0475. The van der Waals surface area contributed by atoms with E-state index < -0.39 is 21.4 Å². The highest BCUT2D eigenvalue weighted by Crippen LogP contribution is 2.47. The maximum Gasteiger partial charge on any atom is 0.387 e. The van der Waals surface area contributed by atoms with Crippen LogP contribution >= 0.6 is 0 Å². The number of benzene rings is 2. The van der Waals surface area contributed by atoms with Crippen LogP contribution in [-0.4, -0.2) is 24.3 Å². The van der Waals surface area contributed by atoms with Crippen molar-refractivity contribution in [1.82, 2.24) is 4.57 Å². The SMILES string of the molecule is CCC1(S(=O)(=O)Nc2ccc(-c3c(C#N)c4ccc(OC(F)F)cc4n3C3CCC3)cc2)CC1. The lowest BCUT2D eigenvalue weighted by atomic mass is 9.92. The van der Waals surface area contributed by atoms with Crippen LogP contribution in [0.25, 0.3) is 22.2 Å². The Morgan fingerprint density at radius 1 is 1.21 bits per heavy atom. The molecule has 2 saturated carbocycles. The zero-order chi connectivity index (χ0) is 24.1. The second kappa shape index (κ2) is 8.27. The number of alkyl halides is 2. The van der Waals surface area contributed by atoms with Gasteiger partial charge in [0.2, 0.25) is 10.0 Å². The number of ether oxygens (including phenoxy) is 1. The summed E-state index contributed by atoms with van der Waals surface area (Å²) in [6, 6.07) is 14.1. The first kappa shape index (κ1) is 22.7. The quantitative estimate of drug-likeness (QED) is 0.412. The third-order valence-electron chi connectivity index (χ3n) is 7.19. The second-order valence-corrected chi connectivity index (χ2v) is 11.1. The Bertz CT molecular complexity index is 1380. The molecule has 178 valence electrons. The largest absolute Gasteiger partial charge is 0.435 e. The smallest absolute Gasteiger partial charge is 0.387 e. The highest BCUT2D eigenvalue weighted by atomic mass is 32.2. The van der Waals surface area contributed by atoms with E-state index in [2.05, 4.69) is 15.5 Å². The summed E-state index contributed by atoms with van der Waals surface area (Å²) < 4.78 is 59.8. The highest BCUT2D eigenvalue weighted by Gasteiger charge is 2.53. The van der Waals surface area contributed by atoms with Crippen LogP contribution in [0.2, 0.25) is 0 Å². The Morgan fingerprint density at radius 2 is 1.91 bits per heavy atom. The first-order valence-electron chi connectivity index (χ1n) is 11.4. The predicted octanol–water partition coefficient (Wildman–Crippen LogP) is 6.19. The molecular formula is C25H25F2N3O3S. The van der Waals surface area contributed by atoms with E-state index in [1.54, 1.807) is 36.4 Å². The van der Waals surface area contributed by atoms with Gasteiger partial charge in [0, 0.05) is 23.2 Å². The number of hydrogen-bond acceptors (Lipinski definition) is 4. The van der Waals surface area contributed by atoms with Crippen molar-refractivity contribution in [3.05, 3.63) is 48.0 Å². The number of anilines is 1. The van der Waals surface area contributed by atoms with E-state index in [0.29, 0.717) is 47.1 Å². The Morgan fingerprint density at radius 3 is 2.44 bits per heavy atom. The Labute approximate surface area is 197 Å². The number of nitrogens with zero attached hydrogens (tertiary/aromatic N) is 2. The number of rotatable bonds is 8. The average Bonchev–Trinajstić information content (AvgIpc) is 3.52. The molecule has 0 spiro atoms. The molecule has 6 nitrogen and oxygen atoms in total. The van der Waals surface area contributed by atoms with Crippen molar-refractivity contribution in [3.63, 3.8) is 0 Å². The minimum absolute atomic E-state index is 0.0475. The van der Waals surface area contributed by atoms with Crippen LogP contribution < -0.4 is 9.46 Å². The molecule has 1 aromatic heterocycles. The van der Waals surface area contributed by atoms with Gasteiger partial charge in [-0.3, -0.25) is 4.72 Å². The van der Waals surface area contributed by atoms with Crippen molar-refractivity contribution >= 4 is 26.6 Å². The summed E-state index contributed by atoms with van der Waals surface area (Å²) in [5, 5.41) is 10.7. The van der Waals surface area contributed by atoms with Crippen molar-refractivity contribution in [2.75, 3.05) is 4.72 Å². The number of fused-ring (bicyclic) bond motifs is 1. The molecule has 2 fully saturated rings. The number of nitriles is 1. The molecular weight excluding hydrogens is 460 g/mol.